The van der Waals surface area contributed by atoms with Gasteiger partial charge in [0.05, 0.1) is 23.2 Å². The number of para-hydroxylation sites is 1. The second-order valence-electron chi connectivity index (χ2n) is 8.95. The van der Waals surface area contributed by atoms with E-state index in [4.69, 9.17) is 16.4 Å². The van der Waals surface area contributed by atoms with Gasteiger partial charge in [-0.2, -0.15) is 0 Å². The maximum absolute atomic E-state index is 13.6. The standard InChI is InChI=1S/C24H21ClN2O3/c1-11-4-3-5-12(2)21(11)27-23(28)17-15-10-16(18(17)24(27)29)22-19(15)20(26-30-22)13-6-8-14(25)9-7-13/h3-9,15-19,22H,10H2,1-2H3/t15-,16-,17-,18-,19-,22-/m1/s1. The number of amides is 2. The van der Waals surface area contributed by atoms with Crippen LogP contribution in [0.25, 0.3) is 0 Å². The molecule has 2 amide bonds. The molecule has 2 bridgehead atoms. The molecule has 2 aliphatic heterocycles. The van der Waals surface area contributed by atoms with E-state index in [0.29, 0.717) is 5.02 Å². The lowest BCUT2D eigenvalue weighted by atomic mass is 9.71. The Labute approximate surface area is 179 Å². The molecule has 2 aromatic carbocycles. The molecule has 6 atom stereocenters. The number of hydrogen-bond donors (Lipinski definition) is 0. The van der Waals surface area contributed by atoms with Crippen molar-refractivity contribution in [1.29, 1.82) is 0 Å². The predicted molar refractivity (Wildman–Crippen MR) is 113 cm³/mol. The third-order valence-corrected chi connectivity index (χ3v) is 7.75. The normalized spacial score (nSPS) is 33.6. The number of aryl methyl sites for hydroxylation is 2. The minimum atomic E-state index is -0.303. The van der Waals surface area contributed by atoms with Crippen LogP contribution in [0.1, 0.15) is 23.1 Å². The van der Waals surface area contributed by atoms with Crippen LogP contribution < -0.4 is 4.90 Å². The highest BCUT2D eigenvalue weighted by atomic mass is 35.5. The first kappa shape index (κ1) is 18.1. The lowest BCUT2D eigenvalue weighted by molar-refractivity contribution is -0.125. The van der Waals surface area contributed by atoms with E-state index in [1.165, 1.54) is 4.90 Å². The molecule has 0 radical (unpaired) electrons. The number of benzene rings is 2. The fourth-order valence-electron chi connectivity index (χ4n) is 6.36. The van der Waals surface area contributed by atoms with E-state index < -0.39 is 0 Å². The Morgan fingerprint density at radius 1 is 0.933 bits per heavy atom. The molecule has 0 aromatic heterocycles. The highest BCUT2D eigenvalue weighted by Crippen LogP contribution is 2.62. The topological polar surface area (TPSA) is 59.0 Å². The number of nitrogens with zero attached hydrogens (tertiary/aromatic N) is 2. The average molecular weight is 421 g/mol. The van der Waals surface area contributed by atoms with Gasteiger partial charge < -0.3 is 4.84 Å². The Hall–Kier alpha value is -2.66. The van der Waals surface area contributed by atoms with Crippen molar-refractivity contribution >= 4 is 34.8 Å². The number of fused-ring (bicyclic) bond motifs is 8. The van der Waals surface area contributed by atoms with E-state index in [-0.39, 0.29) is 47.5 Å². The van der Waals surface area contributed by atoms with Gasteiger partial charge in [0, 0.05) is 16.9 Å². The molecule has 2 aliphatic carbocycles. The Morgan fingerprint density at radius 2 is 1.57 bits per heavy atom. The maximum Gasteiger partial charge on any atom is 0.238 e. The molecule has 2 aromatic rings. The number of anilines is 1. The number of carbonyl (C=O) groups is 2. The van der Waals surface area contributed by atoms with Crippen LogP contribution in [-0.2, 0) is 14.4 Å². The van der Waals surface area contributed by atoms with Gasteiger partial charge in [0.15, 0.2) is 0 Å². The largest absolute Gasteiger partial charge is 0.391 e. The zero-order chi connectivity index (χ0) is 20.7. The summed E-state index contributed by atoms with van der Waals surface area (Å²) >= 11 is 6.04. The van der Waals surface area contributed by atoms with Crippen LogP contribution in [0.4, 0.5) is 5.69 Å². The monoisotopic (exact) mass is 420 g/mol. The molecule has 5 nitrogen and oxygen atoms in total. The molecule has 3 fully saturated rings. The van der Waals surface area contributed by atoms with Gasteiger partial charge >= 0.3 is 0 Å². The SMILES string of the molecule is Cc1cccc(C)c1N1C(=O)[C@@H]2[C@H]3C[C@@H]([C@H]4ON=C(c5ccc(Cl)cc5)[C@@H]34)[C@H]2C1=O. The van der Waals surface area contributed by atoms with Gasteiger partial charge in [0.1, 0.15) is 6.10 Å². The summed E-state index contributed by atoms with van der Waals surface area (Å²) in [5, 5.41) is 5.05. The summed E-state index contributed by atoms with van der Waals surface area (Å²) in [4.78, 5) is 34.4. The van der Waals surface area contributed by atoms with Crippen LogP contribution >= 0.6 is 11.6 Å². The average Bonchev–Trinajstić information content (AvgIpc) is 3.45. The number of halogens is 1. The molecule has 2 heterocycles. The van der Waals surface area contributed by atoms with Crippen molar-refractivity contribution in [2.45, 2.75) is 26.4 Å². The Morgan fingerprint density at radius 3 is 2.23 bits per heavy atom. The van der Waals surface area contributed by atoms with Gasteiger partial charge in [0.2, 0.25) is 11.8 Å². The number of hydrogen-bond acceptors (Lipinski definition) is 4. The molecule has 2 saturated carbocycles. The molecule has 0 unspecified atom stereocenters. The maximum atomic E-state index is 13.6. The summed E-state index contributed by atoms with van der Waals surface area (Å²) in [6.07, 6.45) is 0.714. The van der Waals surface area contributed by atoms with Crippen molar-refractivity contribution in [3.63, 3.8) is 0 Å². The van der Waals surface area contributed by atoms with Gasteiger partial charge in [-0.1, -0.05) is 47.1 Å². The van der Waals surface area contributed by atoms with E-state index in [0.717, 1.165) is 34.5 Å². The van der Waals surface area contributed by atoms with Crippen LogP contribution in [0.3, 0.4) is 0 Å². The molecule has 30 heavy (non-hydrogen) atoms. The molecule has 6 rings (SSSR count). The van der Waals surface area contributed by atoms with E-state index in [9.17, 15) is 9.59 Å². The number of oxime groups is 1. The van der Waals surface area contributed by atoms with Crippen LogP contribution in [0.5, 0.6) is 0 Å². The van der Waals surface area contributed by atoms with Crippen molar-refractivity contribution < 1.29 is 14.4 Å². The Bertz CT molecular complexity index is 1110. The fraction of sp³-hybridized carbons (Fsp3) is 0.375. The van der Waals surface area contributed by atoms with Crippen LogP contribution in [-0.4, -0.2) is 23.6 Å². The zero-order valence-electron chi connectivity index (χ0n) is 16.7. The van der Waals surface area contributed by atoms with Gasteiger partial charge in [-0.25, -0.2) is 4.90 Å². The van der Waals surface area contributed by atoms with E-state index in [1.807, 2.05) is 56.3 Å². The predicted octanol–water partition coefficient (Wildman–Crippen LogP) is 4.13. The minimum Gasteiger partial charge on any atom is -0.391 e. The Balaban J connectivity index is 1.38. The van der Waals surface area contributed by atoms with Crippen LogP contribution in [0.2, 0.25) is 5.02 Å². The summed E-state index contributed by atoms with van der Waals surface area (Å²) < 4.78 is 0. The smallest absolute Gasteiger partial charge is 0.238 e. The van der Waals surface area contributed by atoms with E-state index in [1.54, 1.807) is 0 Å². The molecule has 6 heteroatoms. The molecule has 4 aliphatic rings. The third kappa shape index (κ3) is 2.21. The van der Waals surface area contributed by atoms with Crippen molar-refractivity contribution in [3.05, 3.63) is 64.2 Å². The highest BCUT2D eigenvalue weighted by molar-refractivity contribution is 6.30. The molecule has 0 N–H and O–H groups in total. The zero-order valence-corrected chi connectivity index (χ0v) is 17.5. The lowest BCUT2D eigenvalue weighted by Gasteiger charge is -2.29. The van der Waals surface area contributed by atoms with Crippen molar-refractivity contribution in [2.75, 3.05) is 4.90 Å². The second-order valence-corrected chi connectivity index (χ2v) is 9.38. The van der Waals surface area contributed by atoms with Gasteiger partial charge in [-0.3, -0.25) is 9.59 Å². The van der Waals surface area contributed by atoms with E-state index in [2.05, 4.69) is 5.16 Å². The van der Waals surface area contributed by atoms with Gasteiger partial charge in [-0.15, -0.1) is 0 Å². The van der Waals surface area contributed by atoms with Crippen molar-refractivity contribution in [2.24, 2.45) is 34.7 Å². The first-order chi connectivity index (χ1) is 14.5. The summed E-state index contributed by atoms with van der Waals surface area (Å²) in [5.74, 6) is -0.568. The van der Waals surface area contributed by atoms with Crippen molar-refractivity contribution in [1.82, 2.24) is 0 Å². The van der Waals surface area contributed by atoms with Crippen LogP contribution in [0, 0.1) is 43.4 Å². The molecule has 0 spiro atoms. The van der Waals surface area contributed by atoms with E-state index >= 15 is 0 Å². The van der Waals surface area contributed by atoms with Gasteiger partial charge in [0.25, 0.3) is 0 Å². The first-order valence-electron chi connectivity index (χ1n) is 10.4. The van der Waals surface area contributed by atoms with Crippen LogP contribution in [0.15, 0.2) is 47.6 Å². The Kier molecular flexibility index (Phi) is 3.73. The third-order valence-electron chi connectivity index (χ3n) is 7.49. The minimum absolute atomic E-state index is 0.0318. The molecule has 152 valence electrons. The number of imide groups is 1. The summed E-state index contributed by atoms with van der Waals surface area (Å²) in [7, 11) is 0. The molecular formula is C24H21ClN2O3. The highest BCUT2D eigenvalue weighted by Gasteiger charge is 2.70. The summed E-state index contributed by atoms with van der Waals surface area (Å²) in [6.45, 7) is 3.91. The van der Waals surface area contributed by atoms with Gasteiger partial charge in [-0.05, 0) is 55.0 Å². The number of carbonyl (C=O) groups excluding carboxylic acids is 2. The molecular weight excluding hydrogens is 400 g/mol. The van der Waals surface area contributed by atoms with Crippen molar-refractivity contribution in [3.8, 4) is 0 Å². The lowest BCUT2D eigenvalue weighted by Crippen LogP contribution is -2.41. The summed E-state index contributed by atoms with van der Waals surface area (Å²) in [6, 6.07) is 13.4. The first-order valence-corrected chi connectivity index (χ1v) is 10.8. The second kappa shape index (κ2) is 6.17. The number of rotatable bonds is 2. The quantitative estimate of drug-likeness (QED) is 0.686. The fourth-order valence-corrected chi connectivity index (χ4v) is 6.49. The summed E-state index contributed by atoms with van der Waals surface area (Å²) in [5.41, 5.74) is 4.50. The molecule has 1 saturated heterocycles.